The van der Waals surface area contributed by atoms with E-state index in [2.05, 4.69) is 229 Å². The number of benzene rings is 10. The fourth-order valence-electron chi connectivity index (χ4n) is 8.84. The first kappa shape index (κ1) is 35.2. The Hall–Kier alpha value is -7.94. The fourth-order valence-corrected chi connectivity index (χ4v) is 8.84. The quantitative estimate of drug-likeness (QED) is 0.153. The molecule has 11 rings (SSSR count). The van der Waals surface area contributed by atoms with Gasteiger partial charge in [-0.3, -0.25) is 0 Å². The highest BCUT2D eigenvalue weighted by Gasteiger charge is 2.22. The first-order valence-corrected chi connectivity index (χ1v) is 20.5. The molecule has 2 nitrogen and oxygen atoms in total. The molecule has 60 heavy (non-hydrogen) atoms. The van der Waals surface area contributed by atoms with Gasteiger partial charge >= 0.3 is 0 Å². The summed E-state index contributed by atoms with van der Waals surface area (Å²) < 4.78 is 6.52. The van der Waals surface area contributed by atoms with Crippen LogP contribution in [0.2, 0.25) is 0 Å². The van der Waals surface area contributed by atoms with Crippen LogP contribution in [-0.4, -0.2) is 0 Å². The summed E-state index contributed by atoms with van der Waals surface area (Å²) in [7, 11) is 0. The van der Waals surface area contributed by atoms with Crippen LogP contribution >= 0.6 is 0 Å². The molecule has 0 aliphatic carbocycles. The molecule has 0 unspecified atom stereocenters. The molecule has 282 valence electrons. The Bertz CT molecular complexity index is 3300. The van der Waals surface area contributed by atoms with E-state index in [-0.39, 0.29) is 0 Å². The Balaban J connectivity index is 1.14. The van der Waals surface area contributed by atoms with Gasteiger partial charge in [0.05, 0.1) is 5.69 Å². The predicted molar refractivity (Wildman–Crippen MR) is 253 cm³/mol. The monoisotopic (exact) mass is 765 g/mol. The van der Waals surface area contributed by atoms with Crippen LogP contribution in [0.25, 0.3) is 88.3 Å². The molecule has 0 radical (unpaired) electrons. The van der Waals surface area contributed by atoms with E-state index in [1.807, 2.05) is 12.1 Å². The maximum absolute atomic E-state index is 6.52. The molecule has 0 atom stereocenters. The summed E-state index contributed by atoms with van der Waals surface area (Å²) in [6, 6.07) is 85.0. The summed E-state index contributed by atoms with van der Waals surface area (Å²) in [5.74, 6) is 0. The van der Waals surface area contributed by atoms with Gasteiger partial charge in [0.15, 0.2) is 0 Å². The van der Waals surface area contributed by atoms with Crippen LogP contribution in [0.5, 0.6) is 0 Å². The van der Waals surface area contributed by atoms with E-state index in [0.717, 1.165) is 55.7 Å². The number of fused-ring (bicyclic) bond motifs is 4. The molecule has 0 aliphatic rings. The maximum Gasteiger partial charge on any atom is 0.137 e. The SMILES string of the molecule is c1ccc(-c2ccc(-c3ccccc3-c3ccccc3)c(-c3ccccc3N(c3ccc(-c4cccc5ccccc45)cc3)c3ccc4c(c3)oc3ccccc34)c2)cc1. The number of hydrogen-bond donors (Lipinski definition) is 0. The molecule has 0 N–H and O–H groups in total. The van der Waals surface area contributed by atoms with Crippen molar-refractivity contribution in [3.05, 3.63) is 237 Å². The molecule has 0 fully saturated rings. The summed E-state index contributed by atoms with van der Waals surface area (Å²) in [5, 5.41) is 4.69. The highest BCUT2D eigenvalue weighted by molar-refractivity contribution is 6.07. The zero-order valence-electron chi connectivity index (χ0n) is 32.9. The third kappa shape index (κ3) is 6.32. The van der Waals surface area contributed by atoms with Gasteiger partial charge in [-0.1, -0.05) is 188 Å². The Morgan fingerprint density at radius 2 is 0.817 bits per heavy atom. The maximum atomic E-state index is 6.52. The highest BCUT2D eigenvalue weighted by atomic mass is 16.3. The summed E-state index contributed by atoms with van der Waals surface area (Å²) in [6.07, 6.45) is 0. The molecule has 10 aromatic carbocycles. The number of hydrogen-bond acceptors (Lipinski definition) is 2. The minimum atomic E-state index is 0.854. The van der Waals surface area contributed by atoms with E-state index in [1.165, 1.54) is 49.7 Å². The number of rotatable bonds is 8. The molecule has 0 amide bonds. The summed E-state index contributed by atoms with van der Waals surface area (Å²) in [5.41, 5.74) is 16.6. The normalized spacial score (nSPS) is 11.3. The van der Waals surface area contributed by atoms with Gasteiger partial charge < -0.3 is 9.32 Å². The number of para-hydroxylation sites is 2. The lowest BCUT2D eigenvalue weighted by atomic mass is 9.86. The minimum absolute atomic E-state index is 0.854. The molecular formula is C58H39NO. The smallest absolute Gasteiger partial charge is 0.137 e. The van der Waals surface area contributed by atoms with Gasteiger partial charge in [-0.2, -0.15) is 0 Å². The van der Waals surface area contributed by atoms with Crippen molar-refractivity contribution in [2.24, 2.45) is 0 Å². The van der Waals surface area contributed by atoms with Gasteiger partial charge in [-0.05, 0) is 103 Å². The molecule has 0 saturated heterocycles. The highest BCUT2D eigenvalue weighted by Crippen LogP contribution is 2.47. The van der Waals surface area contributed by atoms with Crippen molar-refractivity contribution in [2.45, 2.75) is 0 Å². The van der Waals surface area contributed by atoms with Crippen molar-refractivity contribution in [3.8, 4) is 55.6 Å². The molecule has 11 aromatic rings. The van der Waals surface area contributed by atoms with Crippen LogP contribution in [0, 0.1) is 0 Å². The van der Waals surface area contributed by atoms with Gasteiger partial charge in [-0.25, -0.2) is 0 Å². The summed E-state index contributed by atoms with van der Waals surface area (Å²) in [6.45, 7) is 0. The third-order valence-corrected chi connectivity index (χ3v) is 11.7. The molecule has 0 spiro atoms. The zero-order valence-corrected chi connectivity index (χ0v) is 32.9. The summed E-state index contributed by atoms with van der Waals surface area (Å²) >= 11 is 0. The minimum Gasteiger partial charge on any atom is -0.456 e. The van der Waals surface area contributed by atoms with Crippen LogP contribution < -0.4 is 4.90 Å². The molecule has 1 heterocycles. The van der Waals surface area contributed by atoms with Gasteiger partial charge in [0.1, 0.15) is 11.2 Å². The van der Waals surface area contributed by atoms with Crippen LogP contribution in [0.3, 0.4) is 0 Å². The second-order valence-corrected chi connectivity index (χ2v) is 15.2. The van der Waals surface area contributed by atoms with Gasteiger partial charge in [-0.15, -0.1) is 0 Å². The molecule has 0 aliphatic heterocycles. The first-order valence-electron chi connectivity index (χ1n) is 20.5. The third-order valence-electron chi connectivity index (χ3n) is 11.7. The van der Waals surface area contributed by atoms with E-state index in [0.29, 0.717) is 0 Å². The van der Waals surface area contributed by atoms with E-state index in [9.17, 15) is 0 Å². The molecule has 0 bridgehead atoms. The van der Waals surface area contributed by atoms with Crippen molar-refractivity contribution < 1.29 is 4.42 Å². The van der Waals surface area contributed by atoms with Crippen molar-refractivity contribution in [1.82, 2.24) is 0 Å². The summed E-state index contributed by atoms with van der Waals surface area (Å²) in [4.78, 5) is 2.39. The largest absolute Gasteiger partial charge is 0.456 e. The molecular weight excluding hydrogens is 727 g/mol. The zero-order chi connectivity index (χ0) is 39.8. The van der Waals surface area contributed by atoms with Crippen molar-refractivity contribution >= 4 is 49.8 Å². The number of nitrogens with zero attached hydrogens (tertiary/aromatic N) is 1. The van der Waals surface area contributed by atoms with E-state index >= 15 is 0 Å². The first-order chi connectivity index (χ1) is 29.8. The lowest BCUT2D eigenvalue weighted by Gasteiger charge is -2.29. The van der Waals surface area contributed by atoms with Gasteiger partial charge in [0.25, 0.3) is 0 Å². The van der Waals surface area contributed by atoms with E-state index < -0.39 is 0 Å². The average Bonchev–Trinajstić information content (AvgIpc) is 3.70. The molecule has 0 saturated carbocycles. The average molecular weight is 766 g/mol. The predicted octanol–water partition coefficient (Wildman–Crippen LogP) is 16.5. The fraction of sp³-hybridized carbons (Fsp3) is 0. The Labute approximate surface area is 349 Å². The Morgan fingerprint density at radius 1 is 0.267 bits per heavy atom. The lowest BCUT2D eigenvalue weighted by molar-refractivity contribution is 0.669. The number of anilines is 3. The molecule has 1 aromatic heterocycles. The second-order valence-electron chi connectivity index (χ2n) is 15.2. The van der Waals surface area contributed by atoms with Crippen molar-refractivity contribution in [2.75, 3.05) is 4.90 Å². The molecule has 2 heteroatoms. The van der Waals surface area contributed by atoms with Crippen LogP contribution in [0.15, 0.2) is 241 Å². The second kappa shape index (κ2) is 15.1. The van der Waals surface area contributed by atoms with Crippen molar-refractivity contribution in [1.29, 1.82) is 0 Å². The van der Waals surface area contributed by atoms with Crippen LogP contribution in [0.1, 0.15) is 0 Å². The van der Waals surface area contributed by atoms with Crippen LogP contribution in [0.4, 0.5) is 17.1 Å². The van der Waals surface area contributed by atoms with E-state index in [4.69, 9.17) is 4.42 Å². The lowest BCUT2D eigenvalue weighted by Crippen LogP contribution is -2.11. The Kier molecular flexibility index (Phi) is 8.87. The van der Waals surface area contributed by atoms with Crippen LogP contribution in [-0.2, 0) is 0 Å². The Morgan fingerprint density at radius 3 is 1.63 bits per heavy atom. The number of furan rings is 1. The van der Waals surface area contributed by atoms with Gasteiger partial charge in [0, 0.05) is 33.8 Å². The van der Waals surface area contributed by atoms with E-state index in [1.54, 1.807) is 0 Å². The topological polar surface area (TPSA) is 16.4 Å². The standard InChI is InChI=1S/C58H39NO/c1-3-16-40(17-4-1)44-32-36-51(50-24-10-9-23-49(50)41-18-5-2-6-19-41)55(38-44)52-25-11-13-28-56(52)59(46-35-37-54-53-26-12-14-29-57(53)60-58(54)39-46)45-33-30-43(31-34-45)48-27-15-21-42-20-7-8-22-47(42)48/h1-39H. The van der Waals surface area contributed by atoms with Crippen molar-refractivity contribution in [3.63, 3.8) is 0 Å². The van der Waals surface area contributed by atoms with Gasteiger partial charge in [0.2, 0.25) is 0 Å².